The minimum absolute atomic E-state index is 0.223. The van der Waals surface area contributed by atoms with Crippen molar-refractivity contribution in [2.24, 2.45) is 0 Å². The predicted octanol–water partition coefficient (Wildman–Crippen LogP) is 2.33. The Labute approximate surface area is 108 Å². The van der Waals surface area contributed by atoms with Crippen LogP contribution in [0.1, 0.15) is 39.5 Å². The van der Waals surface area contributed by atoms with Crippen LogP contribution in [0.4, 0.5) is 0 Å². The molecule has 3 atom stereocenters. The molecule has 1 aliphatic carbocycles. The van der Waals surface area contributed by atoms with E-state index >= 15 is 0 Å². The summed E-state index contributed by atoms with van der Waals surface area (Å²) in [6.07, 6.45) is 8.58. The van der Waals surface area contributed by atoms with E-state index in [9.17, 15) is 9.90 Å². The lowest BCUT2D eigenvalue weighted by Gasteiger charge is -2.31. The summed E-state index contributed by atoms with van der Waals surface area (Å²) in [6.45, 7) is 3.59. The maximum Gasteiger partial charge on any atom is 0.330 e. The van der Waals surface area contributed by atoms with E-state index in [4.69, 9.17) is 9.47 Å². The monoisotopic (exact) mass is 254 g/mol. The molecule has 102 valence electrons. The summed E-state index contributed by atoms with van der Waals surface area (Å²) in [6, 6.07) is 0. The van der Waals surface area contributed by atoms with E-state index in [1.807, 2.05) is 6.92 Å². The van der Waals surface area contributed by atoms with E-state index < -0.39 is 6.29 Å². The average molecular weight is 254 g/mol. The van der Waals surface area contributed by atoms with Crippen LogP contribution in [0.3, 0.4) is 0 Å². The van der Waals surface area contributed by atoms with Crippen molar-refractivity contribution in [1.29, 1.82) is 0 Å². The van der Waals surface area contributed by atoms with Gasteiger partial charge in [-0.2, -0.15) is 0 Å². The smallest absolute Gasteiger partial charge is 0.330 e. The number of allylic oxidation sites excluding steroid dienone is 2. The second-order valence-electron chi connectivity index (χ2n) is 4.35. The molecular formula is C14H22O4. The Kier molecular flexibility index (Phi) is 6.68. The molecule has 0 aromatic heterocycles. The molecule has 1 N–H and O–H groups in total. The van der Waals surface area contributed by atoms with E-state index in [0.717, 1.165) is 25.7 Å². The number of hydrogen-bond donors (Lipinski definition) is 1. The molecule has 1 saturated carbocycles. The van der Waals surface area contributed by atoms with Crippen molar-refractivity contribution in [3.63, 3.8) is 0 Å². The molecule has 0 amide bonds. The van der Waals surface area contributed by atoms with Gasteiger partial charge in [0.1, 0.15) is 6.10 Å². The SMILES string of the molecule is C/C=C/C(=O)OC1CCCCC1OC(O)/C=C/C. The van der Waals surface area contributed by atoms with E-state index in [1.165, 1.54) is 6.08 Å². The molecule has 0 aliphatic heterocycles. The van der Waals surface area contributed by atoms with Crippen molar-refractivity contribution < 1.29 is 19.4 Å². The zero-order valence-corrected chi connectivity index (χ0v) is 11.0. The summed E-state index contributed by atoms with van der Waals surface area (Å²) in [5.74, 6) is -0.349. The van der Waals surface area contributed by atoms with Gasteiger partial charge in [-0.15, -0.1) is 0 Å². The Morgan fingerprint density at radius 1 is 1.22 bits per heavy atom. The second kappa shape index (κ2) is 8.06. The van der Waals surface area contributed by atoms with Crippen molar-refractivity contribution >= 4 is 5.97 Å². The summed E-state index contributed by atoms with van der Waals surface area (Å²) < 4.78 is 10.8. The third-order valence-corrected chi connectivity index (χ3v) is 2.88. The number of ether oxygens (including phenoxy) is 2. The van der Waals surface area contributed by atoms with Crippen LogP contribution < -0.4 is 0 Å². The third-order valence-electron chi connectivity index (χ3n) is 2.88. The lowest BCUT2D eigenvalue weighted by atomic mass is 9.94. The van der Waals surface area contributed by atoms with E-state index in [0.29, 0.717) is 0 Å². The van der Waals surface area contributed by atoms with Crippen molar-refractivity contribution in [2.45, 2.75) is 58.0 Å². The molecule has 0 aromatic rings. The van der Waals surface area contributed by atoms with Crippen molar-refractivity contribution in [2.75, 3.05) is 0 Å². The first-order chi connectivity index (χ1) is 8.67. The van der Waals surface area contributed by atoms with Gasteiger partial charge in [0.15, 0.2) is 6.29 Å². The van der Waals surface area contributed by atoms with Crippen LogP contribution in [-0.4, -0.2) is 29.6 Å². The average Bonchev–Trinajstić information content (AvgIpc) is 2.32. The Balaban J connectivity index is 2.53. The number of hydrogen-bond acceptors (Lipinski definition) is 4. The van der Waals surface area contributed by atoms with Gasteiger partial charge >= 0.3 is 5.97 Å². The maximum atomic E-state index is 11.4. The molecule has 0 saturated heterocycles. The molecule has 0 spiro atoms. The van der Waals surface area contributed by atoms with Crippen LogP contribution in [0, 0.1) is 0 Å². The van der Waals surface area contributed by atoms with Crippen LogP contribution in [0.25, 0.3) is 0 Å². The zero-order valence-electron chi connectivity index (χ0n) is 11.0. The Bertz CT molecular complexity index is 309. The van der Waals surface area contributed by atoms with Crippen LogP contribution in [0.2, 0.25) is 0 Å². The highest BCUT2D eigenvalue weighted by molar-refractivity contribution is 5.81. The zero-order chi connectivity index (χ0) is 13.4. The standard InChI is InChI=1S/C14H22O4/c1-3-7-13(15)17-11-9-5-6-10-12(11)18-14(16)8-4-2/h3-4,7-8,11-13,15H,5-6,9-10H2,1-2H3/b7-3+,8-4+. The largest absolute Gasteiger partial charge is 0.456 e. The number of rotatable bonds is 5. The molecule has 0 bridgehead atoms. The van der Waals surface area contributed by atoms with Crippen LogP contribution >= 0.6 is 0 Å². The van der Waals surface area contributed by atoms with Gasteiger partial charge in [0, 0.05) is 6.08 Å². The first-order valence-electron chi connectivity index (χ1n) is 6.47. The predicted molar refractivity (Wildman–Crippen MR) is 68.9 cm³/mol. The van der Waals surface area contributed by atoms with E-state index in [-0.39, 0.29) is 18.2 Å². The molecule has 1 aliphatic rings. The molecule has 0 heterocycles. The molecule has 1 fully saturated rings. The molecular weight excluding hydrogens is 232 g/mol. The van der Waals surface area contributed by atoms with Gasteiger partial charge in [0.05, 0.1) is 6.10 Å². The summed E-state index contributed by atoms with van der Waals surface area (Å²) in [5, 5.41) is 9.59. The number of carbonyl (C=O) groups excluding carboxylic acids is 1. The molecule has 18 heavy (non-hydrogen) atoms. The fourth-order valence-corrected chi connectivity index (χ4v) is 2.07. The minimum atomic E-state index is -0.930. The Morgan fingerprint density at radius 2 is 1.89 bits per heavy atom. The van der Waals surface area contributed by atoms with Gasteiger partial charge in [0.25, 0.3) is 0 Å². The molecule has 0 aromatic carbocycles. The fraction of sp³-hybridized carbons (Fsp3) is 0.643. The highest BCUT2D eigenvalue weighted by atomic mass is 16.6. The maximum absolute atomic E-state index is 11.4. The summed E-state index contributed by atoms with van der Waals surface area (Å²) in [5.41, 5.74) is 0. The first-order valence-corrected chi connectivity index (χ1v) is 6.47. The topological polar surface area (TPSA) is 55.8 Å². The van der Waals surface area contributed by atoms with Gasteiger partial charge in [-0.3, -0.25) is 0 Å². The highest BCUT2D eigenvalue weighted by Crippen LogP contribution is 2.25. The van der Waals surface area contributed by atoms with Crippen LogP contribution in [0.5, 0.6) is 0 Å². The van der Waals surface area contributed by atoms with Crippen molar-refractivity contribution in [3.8, 4) is 0 Å². The number of aliphatic hydroxyl groups excluding tert-OH is 1. The second-order valence-corrected chi connectivity index (χ2v) is 4.35. The summed E-state index contributed by atoms with van der Waals surface area (Å²) >= 11 is 0. The van der Waals surface area contributed by atoms with Gasteiger partial charge in [-0.05, 0) is 39.2 Å². The van der Waals surface area contributed by atoms with Gasteiger partial charge in [-0.25, -0.2) is 4.79 Å². The van der Waals surface area contributed by atoms with Gasteiger partial charge in [-0.1, -0.05) is 18.6 Å². The van der Waals surface area contributed by atoms with E-state index in [2.05, 4.69) is 0 Å². The Morgan fingerprint density at radius 3 is 2.50 bits per heavy atom. The van der Waals surface area contributed by atoms with Gasteiger partial charge < -0.3 is 14.6 Å². The Hall–Kier alpha value is -1.13. The number of aliphatic hydroxyl groups is 1. The van der Waals surface area contributed by atoms with E-state index in [1.54, 1.807) is 25.2 Å². The molecule has 4 nitrogen and oxygen atoms in total. The molecule has 4 heteroatoms. The summed E-state index contributed by atoms with van der Waals surface area (Å²) in [4.78, 5) is 11.4. The number of esters is 1. The lowest BCUT2D eigenvalue weighted by molar-refractivity contribution is -0.176. The first kappa shape index (κ1) is 14.9. The van der Waals surface area contributed by atoms with Crippen molar-refractivity contribution in [3.05, 3.63) is 24.3 Å². The van der Waals surface area contributed by atoms with Gasteiger partial charge in [0.2, 0.25) is 0 Å². The number of carbonyl (C=O) groups is 1. The van der Waals surface area contributed by atoms with Crippen molar-refractivity contribution in [1.82, 2.24) is 0 Å². The molecule has 3 unspecified atom stereocenters. The summed E-state index contributed by atoms with van der Waals surface area (Å²) in [7, 11) is 0. The lowest BCUT2D eigenvalue weighted by Crippen LogP contribution is -2.38. The van der Waals surface area contributed by atoms with Crippen LogP contribution in [-0.2, 0) is 14.3 Å². The third kappa shape index (κ3) is 5.02. The normalized spacial score (nSPS) is 26.6. The quantitative estimate of drug-likeness (QED) is 0.354. The minimum Gasteiger partial charge on any atom is -0.456 e. The molecule has 0 radical (unpaired) electrons. The highest BCUT2D eigenvalue weighted by Gasteiger charge is 2.29. The fourth-order valence-electron chi connectivity index (χ4n) is 2.07. The molecule has 1 rings (SSSR count). The van der Waals surface area contributed by atoms with Crippen LogP contribution in [0.15, 0.2) is 24.3 Å².